The third-order valence-corrected chi connectivity index (χ3v) is 3.90. The summed E-state index contributed by atoms with van der Waals surface area (Å²) in [7, 11) is 0. The Labute approximate surface area is 115 Å². The van der Waals surface area contributed by atoms with Gasteiger partial charge < -0.3 is 5.32 Å². The maximum atomic E-state index is 3.73. The van der Waals surface area contributed by atoms with Gasteiger partial charge >= 0.3 is 0 Å². The molecule has 1 nitrogen and oxygen atoms in total. The molecule has 19 heavy (non-hydrogen) atoms. The molecule has 0 saturated carbocycles. The lowest BCUT2D eigenvalue weighted by atomic mass is 10.0. The molecule has 0 aliphatic heterocycles. The van der Waals surface area contributed by atoms with Crippen LogP contribution in [0.2, 0.25) is 0 Å². The number of rotatable bonds is 4. The molecule has 0 fully saturated rings. The van der Waals surface area contributed by atoms with Crippen LogP contribution < -0.4 is 5.32 Å². The van der Waals surface area contributed by atoms with E-state index in [2.05, 4.69) is 67.7 Å². The molecule has 0 saturated heterocycles. The van der Waals surface area contributed by atoms with Gasteiger partial charge in [-0.1, -0.05) is 62.4 Å². The molecule has 0 unspecified atom stereocenters. The number of fused-ring (bicyclic) bond motifs is 3. The minimum atomic E-state index is 0.367. The van der Waals surface area contributed by atoms with Crippen molar-refractivity contribution in [2.45, 2.75) is 26.3 Å². The third kappa shape index (κ3) is 2.31. The predicted molar refractivity (Wildman–Crippen MR) is 81.2 cm³/mol. The molecule has 0 heterocycles. The summed E-state index contributed by atoms with van der Waals surface area (Å²) < 4.78 is 0. The van der Waals surface area contributed by atoms with Crippen LogP contribution in [0.25, 0.3) is 11.1 Å². The molecule has 0 aromatic heterocycles. The first-order chi connectivity index (χ1) is 9.27. The summed E-state index contributed by atoms with van der Waals surface area (Å²) in [5, 5.41) is 3.73. The van der Waals surface area contributed by atoms with Gasteiger partial charge in [-0.25, -0.2) is 0 Å². The maximum absolute atomic E-state index is 3.73. The second kappa shape index (κ2) is 5.18. The van der Waals surface area contributed by atoms with Crippen molar-refractivity contribution in [3.63, 3.8) is 0 Å². The van der Waals surface area contributed by atoms with Crippen molar-refractivity contribution >= 4 is 0 Å². The lowest BCUT2D eigenvalue weighted by Crippen LogP contribution is -2.22. The molecule has 1 aliphatic rings. The van der Waals surface area contributed by atoms with Crippen LogP contribution in [0.15, 0.2) is 48.5 Å². The fourth-order valence-corrected chi connectivity index (χ4v) is 2.89. The van der Waals surface area contributed by atoms with Gasteiger partial charge in [-0.3, -0.25) is 0 Å². The largest absolute Gasteiger partial charge is 0.306 e. The first-order valence-electron chi connectivity index (χ1n) is 7.19. The zero-order valence-electron chi connectivity index (χ0n) is 11.7. The topological polar surface area (TPSA) is 12.0 Å². The summed E-state index contributed by atoms with van der Waals surface area (Å²) in [6.45, 7) is 5.63. The summed E-state index contributed by atoms with van der Waals surface area (Å²) in [6, 6.07) is 17.9. The lowest BCUT2D eigenvalue weighted by Gasteiger charge is -2.16. The van der Waals surface area contributed by atoms with Crippen LogP contribution in [-0.2, 0) is 0 Å². The van der Waals surface area contributed by atoms with Crippen LogP contribution in [0.4, 0.5) is 0 Å². The fourth-order valence-electron chi connectivity index (χ4n) is 2.89. The van der Waals surface area contributed by atoms with E-state index < -0.39 is 0 Å². The molecule has 98 valence electrons. The van der Waals surface area contributed by atoms with Gasteiger partial charge in [-0.05, 0) is 41.1 Å². The van der Waals surface area contributed by atoms with Gasteiger partial charge in [-0.15, -0.1) is 0 Å². The molecule has 2 aromatic rings. The second-order valence-corrected chi connectivity index (χ2v) is 5.74. The number of nitrogens with one attached hydrogen (secondary N) is 1. The molecular weight excluding hydrogens is 230 g/mol. The summed E-state index contributed by atoms with van der Waals surface area (Å²) in [4.78, 5) is 0. The van der Waals surface area contributed by atoms with Gasteiger partial charge in [0.1, 0.15) is 0 Å². The van der Waals surface area contributed by atoms with Crippen molar-refractivity contribution in [2.24, 2.45) is 5.92 Å². The molecule has 1 heteroatoms. The Morgan fingerprint density at radius 1 is 0.895 bits per heavy atom. The molecule has 0 radical (unpaired) electrons. The average molecular weight is 251 g/mol. The molecule has 0 spiro atoms. The highest BCUT2D eigenvalue weighted by Crippen LogP contribution is 2.42. The Balaban J connectivity index is 1.91. The minimum absolute atomic E-state index is 0.367. The minimum Gasteiger partial charge on any atom is -0.306 e. The first kappa shape index (κ1) is 12.4. The SMILES string of the molecule is CC(C)CCNC1c2ccccc2-c2ccccc21. The van der Waals surface area contributed by atoms with Crippen molar-refractivity contribution < 1.29 is 0 Å². The predicted octanol–water partition coefficient (Wildman–Crippen LogP) is 4.39. The molecule has 0 amide bonds. The van der Waals surface area contributed by atoms with E-state index in [1.54, 1.807) is 0 Å². The number of hydrogen-bond acceptors (Lipinski definition) is 1. The second-order valence-electron chi connectivity index (χ2n) is 5.74. The van der Waals surface area contributed by atoms with Crippen molar-refractivity contribution in [2.75, 3.05) is 6.54 Å². The van der Waals surface area contributed by atoms with E-state index in [1.165, 1.54) is 28.7 Å². The highest BCUT2D eigenvalue weighted by atomic mass is 14.9. The lowest BCUT2D eigenvalue weighted by molar-refractivity contribution is 0.514. The van der Waals surface area contributed by atoms with Crippen molar-refractivity contribution in [1.82, 2.24) is 5.32 Å². The zero-order chi connectivity index (χ0) is 13.2. The van der Waals surface area contributed by atoms with Crippen molar-refractivity contribution in [1.29, 1.82) is 0 Å². The standard InChI is InChI=1S/C18H21N/c1-13(2)11-12-19-18-16-9-5-3-7-14(16)15-8-4-6-10-17(15)18/h3-10,13,18-19H,11-12H2,1-2H3. The molecular formula is C18H21N. The summed E-state index contributed by atoms with van der Waals surface area (Å²) >= 11 is 0. The van der Waals surface area contributed by atoms with Crippen molar-refractivity contribution in [3.8, 4) is 11.1 Å². The van der Waals surface area contributed by atoms with E-state index in [1.807, 2.05) is 0 Å². The van der Waals surface area contributed by atoms with Gasteiger partial charge in [0.15, 0.2) is 0 Å². The molecule has 0 bridgehead atoms. The monoisotopic (exact) mass is 251 g/mol. The van der Waals surface area contributed by atoms with E-state index in [-0.39, 0.29) is 0 Å². The summed E-state index contributed by atoms with van der Waals surface area (Å²) in [5.74, 6) is 0.749. The summed E-state index contributed by atoms with van der Waals surface area (Å²) in [6.07, 6.45) is 1.22. The number of hydrogen-bond donors (Lipinski definition) is 1. The Kier molecular flexibility index (Phi) is 3.39. The Bertz CT molecular complexity index is 526. The van der Waals surface area contributed by atoms with E-state index in [9.17, 15) is 0 Å². The van der Waals surface area contributed by atoms with E-state index in [0.29, 0.717) is 6.04 Å². The highest BCUT2D eigenvalue weighted by Gasteiger charge is 2.27. The smallest absolute Gasteiger partial charge is 0.0588 e. The fraction of sp³-hybridized carbons (Fsp3) is 0.333. The Morgan fingerprint density at radius 3 is 1.95 bits per heavy atom. The average Bonchev–Trinajstić information content (AvgIpc) is 2.74. The normalized spacial score (nSPS) is 13.6. The molecule has 1 aliphatic carbocycles. The van der Waals surface area contributed by atoms with Crippen LogP contribution in [-0.4, -0.2) is 6.54 Å². The first-order valence-corrected chi connectivity index (χ1v) is 7.19. The van der Waals surface area contributed by atoms with Crippen LogP contribution in [0, 0.1) is 5.92 Å². The zero-order valence-corrected chi connectivity index (χ0v) is 11.7. The molecule has 3 rings (SSSR count). The molecule has 1 N–H and O–H groups in total. The maximum Gasteiger partial charge on any atom is 0.0588 e. The summed E-state index contributed by atoms with van der Waals surface area (Å²) in [5.41, 5.74) is 5.63. The van der Waals surface area contributed by atoms with Crippen LogP contribution >= 0.6 is 0 Å². The van der Waals surface area contributed by atoms with Crippen LogP contribution in [0.3, 0.4) is 0 Å². The molecule has 0 atom stereocenters. The number of benzene rings is 2. The van der Waals surface area contributed by atoms with E-state index >= 15 is 0 Å². The highest BCUT2D eigenvalue weighted by molar-refractivity contribution is 5.78. The van der Waals surface area contributed by atoms with E-state index in [0.717, 1.165) is 12.5 Å². The van der Waals surface area contributed by atoms with Gasteiger partial charge in [-0.2, -0.15) is 0 Å². The van der Waals surface area contributed by atoms with Crippen molar-refractivity contribution in [3.05, 3.63) is 59.7 Å². The van der Waals surface area contributed by atoms with Gasteiger partial charge in [0.25, 0.3) is 0 Å². The Hall–Kier alpha value is -1.60. The van der Waals surface area contributed by atoms with E-state index in [4.69, 9.17) is 0 Å². The Morgan fingerprint density at radius 2 is 1.42 bits per heavy atom. The quantitative estimate of drug-likeness (QED) is 0.849. The van der Waals surface area contributed by atoms with Crippen LogP contribution in [0.1, 0.15) is 37.4 Å². The van der Waals surface area contributed by atoms with Gasteiger partial charge in [0, 0.05) is 0 Å². The van der Waals surface area contributed by atoms with Gasteiger partial charge in [0.2, 0.25) is 0 Å². The van der Waals surface area contributed by atoms with Crippen LogP contribution in [0.5, 0.6) is 0 Å². The molecule has 2 aromatic carbocycles. The third-order valence-electron chi connectivity index (χ3n) is 3.90. The van der Waals surface area contributed by atoms with Gasteiger partial charge in [0.05, 0.1) is 6.04 Å².